The van der Waals surface area contributed by atoms with Gasteiger partial charge in [0.15, 0.2) is 0 Å². The third-order valence-corrected chi connectivity index (χ3v) is 3.48. The Morgan fingerprint density at radius 1 is 1.25 bits per heavy atom. The number of hydrogen-bond acceptors (Lipinski definition) is 3. The number of rotatable bonds is 7. The van der Waals surface area contributed by atoms with E-state index >= 15 is 0 Å². The van der Waals surface area contributed by atoms with Gasteiger partial charge in [0, 0.05) is 24.3 Å². The molecule has 0 heterocycles. The molecule has 0 aliphatic heterocycles. The van der Waals surface area contributed by atoms with Crippen LogP contribution in [0.4, 0.5) is 0 Å². The molecule has 1 aromatic rings. The average molecular weight is 277 g/mol. The fourth-order valence-electron chi connectivity index (χ4n) is 2.04. The molecule has 1 aromatic carbocycles. The van der Waals surface area contributed by atoms with Gasteiger partial charge in [-0.25, -0.2) is 0 Å². The highest BCUT2D eigenvalue weighted by Gasteiger charge is 2.21. The van der Waals surface area contributed by atoms with E-state index in [9.17, 15) is 0 Å². The number of nitrogens with one attached hydrogen (secondary N) is 1. The zero-order chi connectivity index (χ0) is 14.6. The number of hydrogen-bond donors (Lipinski definition) is 1. The minimum absolute atomic E-state index is 0.128. The fourth-order valence-corrected chi connectivity index (χ4v) is 2.04. The summed E-state index contributed by atoms with van der Waals surface area (Å²) in [4.78, 5) is 0. The molecule has 3 nitrogen and oxygen atoms in total. The van der Waals surface area contributed by atoms with E-state index in [4.69, 9.17) is 9.47 Å². The molecule has 3 heteroatoms. The van der Waals surface area contributed by atoms with Crippen LogP contribution in [0.1, 0.15) is 44.7 Å². The largest absolute Gasteiger partial charge is 0.496 e. The zero-order valence-corrected chi connectivity index (χ0v) is 13.2. The van der Waals surface area contributed by atoms with Gasteiger partial charge in [0.25, 0.3) is 0 Å². The van der Waals surface area contributed by atoms with Gasteiger partial charge in [-0.3, -0.25) is 0 Å². The first kappa shape index (κ1) is 15.3. The summed E-state index contributed by atoms with van der Waals surface area (Å²) in [6.07, 6.45) is 2.65. The molecule has 0 atom stereocenters. The van der Waals surface area contributed by atoms with Gasteiger partial charge < -0.3 is 14.8 Å². The summed E-state index contributed by atoms with van der Waals surface area (Å²) in [5, 5.41) is 3.51. The topological polar surface area (TPSA) is 30.5 Å². The highest BCUT2D eigenvalue weighted by atomic mass is 16.5. The van der Waals surface area contributed by atoms with Gasteiger partial charge in [-0.05, 0) is 57.2 Å². The molecule has 0 saturated heterocycles. The summed E-state index contributed by atoms with van der Waals surface area (Å²) in [5.41, 5.74) is 2.54. The van der Waals surface area contributed by atoms with Crippen LogP contribution in [0.3, 0.4) is 0 Å². The minimum Gasteiger partial charge on any atom is -0.496 e. The molecular weight excluding hydrogens is 250 g/mol. The molecule has 112 valence electrons. The van der Waals surface area contributed by atoms with E-state index in [0.29, 0.717) is 6.61 Å². The molecule has 0 amide bonds. The molecule has 1 aliphatic carbocycles. The monoisotopic (exact) mass is 277 g/mol. The Kier molecular flexibility index (Phi) is 5.06. The first-order valence-electron chi connectivity index (χ1n) is 7.46. The van der Waals surface area contributed by atoms with Crippen LogP contribution in [0.25, 0.3) is 0 Å². The van der Waals surface area contributed by atoms with E-state index in [-0.39, 0.29) is 5.54 Å². The minimum atomic E-state index is 0.128. The van der Waals surface area contributed by atoms with Crippen molar-refractivity contribution in [1.82, 2.24) is 5.32 Å². The summed E-state index contributed by atoms with van der Waals surface area (Å²) in [7, 11) is 1.72. The van der Waals surface area contributed by atoms with Crippen LogP contribution in [-0.2, 0) is 17.9 Å². The number of methoxy groups -OCH3 is 1. The maximum Gasteiger partial charge on any atom is 0.124 e. The van der Waals surface area contributed by atoms with Crippen molar-refractivity contribution < 1.29 is 9.47 Å². The molecular formula is C17H27NO2. The van der Waals surface area contributed by atoms with Crippen molar-refractivity contribution >= 4 is 0 Å². The molecule has 1 saturated carbocycles. The van der Waals surface area contributed by atoms with E-state index in [1.165, 1.54) is 18.4 Å². The molecule has 2 rings (SSSR count). The second kappa shape index (κ2) is 6.59. The maximum absolute atomic E-state index is 5.79. The molecule has 0 bridgehead atoms. The molecule has 0 spiro atoms. The lowest BCUT2D eigenvalue weighted by molar-refractivity contribution is 0.109. The Morgan fingerprint density at radius 2 is 2.00 bits per heavy atom. The standard InChI is InChI=1S/C17H27NO2/c1-17(2,3)18-10-14-7-8-16(19-4)15(9-14)12-20-11-13-5-6-13/h7-9,13,18H,5-6,10-12H2,1-4H3. The zero-order valence-electron chi connectivity index (χ0n) is 13.2. The number of benzene rings is 1. The van der Waals surface area contributed by atoms with Crippen molar-refractivity contribution in [3.8, 4) is 5.75 Å². The lowest BCUT2D eigenvalue weighted by Crippen LogP contribution is -2.35. The summed E-state index contributed by atoms with van der Waals surface area (Å²) in [6, 6.07) is 6.34. The number of ether oxygens (including phenoxy) is 2. The van der Waals surface area contributed by atoms with Crippen LogP contribution in [-0.4, -0.2) is 19.3 Å². The second-order valence-electron chi connectivity index (χ2n) is 6.71. The van der Waals surface area contributed by atoms with Crippen molar-refractivity contribution in [1.29, 1.82) is 0 Å². The van der Waals surface area contributed by atoms with Crippen molar-refractivity contribution in [3.63, 3.8) is 0 Å². The van der Waals surface area contributed by atoms with Gasteiger partial charge in [-0.1, -0.05) is 6.07 Å². The molecule has 1 fully saturated rings. The predicted octanol–water partition coefficient (Wildman–Crippen LogP) is 3.51. The first-order valence-corrected chi connectivity index (χ1v) is 7.46. The van der Waals surface area contributed by atoms with Crippen molar-refractivity contribution in [3.05, 3.63) is 29.3 Å². The van der Waals surface area contributed by atoms with Crippen LogP contribution in [0.5, 0.6) is 5.75 Å². The van der Waals surface area contributed by atoms with Gasteiger partial charge in [0.1, 0.15) is 5.75 Å². The van der Waals surface area contributed by atoms with E-state index in [1.54, 1.807) is 7.11 Å². The Balaban J connectivity index is 1.95. The lowest BCUT2D eigenvalue weighted by Gasteiger charge is -2.21. The molecule has 0 radical (unpaired) electrons. The van der Waals surface area contributed by atoms with E-state index in [2.05, 4.69) is 38.2 Å². The molecule has 0 unspecified atom stereocenters. The van der Waals surface area contributed by atoms with Crippen molar-refractivity contribution in [2.75, 3.05) is 13.7 Å². The molecule has 1 aliphatic rings. The smallest absolute Gasteiger partial charge is 0.124 e. The van der Waals surface area contributed by atoms with Crippen LogP contribution >= 0.6 is 0 Å². The third kappa shape index (κ3) is 5.14. The SMILES string of the molecule is COc1ccc(CNC(C)(C)C)cc1COCC1CC1. The Hall–Kier alpha value is -1.06. The van der Waals surface area contributed by atoms with E-state index < -0.39 is 0 Å². The van der Waals surface area contributed by atoms with E-state index in [1.807, 2.05) is 6.07 Å². The van der Waals surface area contributed by atoms with Gasteiger partial charge >= 0.3 is 0 Å². The molecule has 20 heavy (non-hydrogen) atoms. The Labute approximate surface area is 122 Å². The van der Waals surface area contributed by atoms with Crippen molar-refractivity contribution in [2.45, 2.75) is 52.3 Å². The van der Waals surface area contributed by atoms with Crippen LogP contribution in [0.15, 0.2) is 18.2 Å². The Bertz CT molecular complexity index is 433. The second-order valence-corrected chi connectivity index (χ2v) is 6.71. The predicted molar refractivity (Wildman–Crippen MR) is 82.0 cm³/mol. The quantitative estimate of drug-likeness (QED) is 0.827. The van der Waals surface area contributed by atoms with Crippen LogP contribution in [0, 0.1) is 5.92 Å². The molecule has 1 N–H and O–H groups in total. The Morgan fingerprint density at radius 3 is 2.60 bits per heavy atom. The first-order chi connectivity index (χ1) is 9.48. The van der Waals surface area contributed by atoms with Crippen molar-refractivity contribution in [2.24, 2.45) is 5.92 Å². The van der Waals surface area contributed by atoms with Crippen LogP contribution in [0.2, 0.25) is 0 Å². The summed E-state index contributed by atoms with van der Waals surface area (Å²) in [6.45, 7) is 8.92. The van der Waals surface area contributed by atoms with Gasteiger partial charge in [0.05, 0.1) is 13.7 Å². The normalized spacial score (nSPS) is 15.4. The van der Waals surface area contributed by atoms with Gasteiger partial charge in [0.2, 0.25) is 0 Å². The summed E-state index contributed by atoms with van der Waals surface area (Å²) < 4.78 is 11.2. The van der Waals surface area contributed by atoms with Gasteiger partial charge in [-0.2, -0.15) is 0 Å². The van der Waals surface area contributed by atoms with Gasteiger partial charge in [-0.15, -0.1) is 0 Å². The average Bonchev–Trinajstić information content (AvgIpc) is 3.20. The summed E-state index contributed by atoms with van der Waals surface area (Å²) >= 11 is 0. The van der Waals surface area contributed by atoms with E-state index in [0.717, 1.165) is 30.4 Å². The highest BCUT2D eigenvalue weighted by Crippen LogP contribution is 2.29. The molecule has 0 aromatic heterocycles. The van der Waals surface area contributed by atoms with Crippen LogP contribution < -0.4 is 10.1 Å². The highest BCUT2D eigenvalue weighted by molar-refractivity contribution is 5.37. The third-order valence-electron chi connectivity index (χ3n) is 3.48. The maximum atomic E-state index is 5.79. The summed E-state index contributed by atoms with van der Waals surface area (Å²) in [5.74, 6) is 1.71. The lowest BCUT2D eigenvalue weighted by atomic mass is 10.1. The fraction of sp³-hybridized carbons (Fsp3) is 0.647.